The Morgan fingerprint density at radius 2 is 1.78 bits per heavy atom. The summed E-state index contributed by atoms with van der Waals surface area (Å²) in [7, 11) is 0. The maximum atomic E-state index is 12.5. The normalized spacial score (nSPS) is 19.4. The highest BCUT2D eigenvalue weighted by atomic mass is 35.5. The molecule has 1 saturated carbocycles. The van der Waals surface area contributed by atoms with Crippen molar-refractivity contribution < 1.29 is 27.6 Å². The van der Waals surface area contributed by atoms with Crippen LogP contribution < -0.4 is 17.7 Å². The number of nitrogens with two attached hydrogens (primary N) is 1. The number of rotatable bonds is 7. The van der Waals surface area contributed by atoms with Crippen LogP contribution >= 0.6 is 0 Å². The lowest BCUT2D eigenvalue weighted by molar-refractivity contribution is -0.697. The molecule has 3 N–H and O–H groups in total. The Morgan fingerprint density at radius 3 is 2.39 bits per heavy atom. The predicted molar refractivity (Wildman–Crippen MR) is 88.4 cm³/mol. The number of ketones is 1. The number of hydrogen-bond donors (Lipinski definition) is 2. The van der Waals surface area contributed by atoms with Crippen LogP contribution in [0.4, 0.5) is 0 Å². The third-order valence-electron chi connectivity index (χ3n) is 4.99. The average molecular weight is 340 g/mol. The maximum Gasteiger partial charge on any atom is 0.144 e. The van der Waals surface area contributed by atoms with Crippen LogP contribution in [0.3, 0.4) is 0 Å². The van der Waals surface area contributed by atoms with Crippen molar-refractivity contribution in [2.45, 2.75) is 58.1 Å². The largest absolute Gasteiger partial charge is 1.00 e. The van der Waals surface area contributed by atoms with E-state index in [0.29, 0.717) is 5.78 Å². The number of quaternary nitrogens is 1. The van der Waals surface area contributed by atoms with Gasteiger partial charge in [-0.25, -0.2) is 0 Å². The van der Waals surface area contributed by atoms with Crippen LogP contribution in [0.15, 0.2) is 30.3 Å². The molecule has 0 spiro atoms. The van der Waals surface area contributed by atoms with Gasteiger partial charge in [0.25, 0.3) is 0 Å². The first kappa shape index (κ1) is 20.1. The maximum absolute atomic E-state index is 12.5. The van der Waals surface area contributed by atoms with E-state index in [1.54, 1.807) is 0 Å². The lowest BCUT2D eigenvalue weighted by Gasteiger charge is -2.24. The first-order valence-corrected chi connectivity index (χ1v) is 8.69. The Balaban J connectivity index is 0.00000264. The van der Waals surface area contributed by atoms with Gasteiger partial charge in [0.15, 0.2) is 0 Å². The molecule has 2 rings (SSSR count). The summed E-state index contributed by atoms with van der Waals surface area (Å²) in [5.74, 6) is 0.789. The minimum absolute atomic E-state index is 0. The van der Waals surface area contributed by atoms with E-state index in [9.17, 15) is 9.90 Å². The van der Waals surface area contributed by atoms with Crippen molar-refractivity contribution in [3.8, 4) is 0 Å². The van der Waals surface area contributed by atoms with Gasteiger partial charge >= 0.3 is 0 Å². The smallest absolute Gasteiger partial charge is 0.144 e. The second-order valence-electron chi connectivity index (χ2n) is 6.82. The van der Waals surface area contributed by atoms with Gasteiger partial charge in [0.1, 0.15) is 17.9 Å². The van der Waals surface area contributed by atoms with Gasteiger partial charge in [-0.05, 0) is 25.3 Å². The predicted octanol–water partition coefficient (Wildman–Crippen LogP) is -0.539. The van der Waals surface area contributed by atoms with Crippen LogP contribution in [-0.4, -0.2) is 23.5 Å². The third kappa shape index (κ3) is 5.91. The standard InChI is InChI=1S/C19H29NO2.ClH/c1-14(18(21)16-9-5-3-6-10-16)13-20-15(2)19(22)17-11-7-4-8-12-17;/h4,7-8,11-12,14-16,19-20,22H,3,5-6,9-10,13H2,1-2H3;1H. The molecule has 0 heterocycles. The number of hydrogen-bond acceptors (Lipinski definition) is 2. The molecular weight excluding hydrogens is 310 g/mol. The highest BCUT2D eigenvalue weighted by molar-refractivity contribution is 5.83. The van der Waals surface area contributed by atoms with Gasteiger partial charge in [-0.1, -0.05) is 56.5 Å². The van der Waals surface area contributed by atoms with Crippen molar-refractivity contribution in [2.24, 2.45) is 11.8 Å². The lowest BCUT2D eigenvalue weighted by atomic mass is 9.82. The summed E-state index contributed by atoms with van der Waals surface area (Å²) in [6, 6.07) is 9.80. The van der Waals surface area contributed by atoms with Crippen molar-refractivity contribution in [1.29, 1.82) is 0 Å². The fraction of sp³-hybridized carbons (Fsp3) is 0.632. The van der Waals surface area contributed by atoms with Gasteiger partial charge in [0.05, 0.1) is 12.5 Å². The molecule has 1 fully saturated rings. The zero-order valence-corrected chi connectivity index (χ0v) is 15.0. The first-order valence-electron chi connectivity index (χ1n) is 8.69. The van der Waals surface area contributed by atoms with Crippen LogP contribution in [0.5, 0.6) is 0 Å². The molecule has 23 heavy (non-hydrogen) atoms. The first-order chi connectivity index (χ1) is 10.6. The summed E-state index contributed by atoms with van der Waals surface area (Å²) in [5, 5.41) is 12.5. The highest BCUT2D eigenvalue weighted by Gasteiger charge is 2.27. The Hall–Kier alpha value is -0.900. The van der Waals surface area contributed by atoms with Crippen LogP contribution in [0.1, 0.15) is 57.6 Å². The zero-order valence-electron chi connectivity index (χ0n) is 14.2. The molecule has 130 valence electrons. The molecule has 3 nitrogen and oxygen atoms in total. The molecule has 1 aromatic rings. The van der Waals surface area contributed by atoms with E-state index in [-0.39, 0.29) is 30.3 Å². The Kier molecular flexibility index (Phi) is 8.82. The SMILES string of the molecule is CC(C[NH2+]C(C)C(O)c1ccccc1)C(=O)C1CCCCC1.[Cl-]. The molecule has 1 aliphatic rings. The highest BCUT2D eigenvalue weighted by Crippen LogP contribution is 2.26. The van der Waals surface area contributed by atoms with E-state index in [1.165, 1.54) is 19.3 Å². The van der Waals surface area contributed by atoms with Crippen molar-refractivity contribution in [1.82, 2.24) is 0 Å². The summed E-state index contributed by atoms with van der Waals surface area (Å²) < 4.78 is 0. The molecule has 0 bridgehead atoms. The average Bonchev–Trinajstić information content (AvgIpc) is 2.59. The number of carbonyl (C=O) groups excluding carboxylic acids is 1. The molecular formula is C19H30ClNO2. The molecule has 0 aromatic heterocycles. The van der Waals surface area contributed by atoms with E-state index in [2.05, 4.69) is 5.32 Å². The number of carbonyl (C=O) groups is 1. The molecule has 3 atom stereocenters. The molecule has 0 amide bonds. The summed E-state index contributed by atoms with van der Waals surface area (Å²) in [6.45, 7) is 4.82. The van der Waals surface area contributed by atoms with E-state index >= 15 is 0 Å². The van der Waals surface area contributed by atoms with Gasteiger partial charge in [-0.15, -0.1) is 0 Å². The Labute approximate surface area is 146 Å². The molecule has 0 saturated heterocycles. The molecule has 0 aliphatic heterocycles. The fourth-order valence-corrected chi connectivity index (χ4v) is 3.41. The van der Waals surface area contributed by atoms with Gasteiger partial charge < -0.3 is 22.8 Å². The Morgan fingerprint density at radius 1 is 1.17 bits per heavy atom. The van der Waals surface area contributed by atoms with Crippen LogP contribution in [-0.2, 0) is 4.79 Å². The quantitative estimate of drug-likeness (QED) is 0.701. The molecule has 1 aromatic carbocycles. The number of aliphatic hydroxyl groups excluding tert-OH is 1. The van der Waals surface area contributed by atoms with Crippen LogP contribution in [0, 0.1) is 11.8 Å². The molecule has 1 aliphatic carbocycles. The molecule has 3 unspecified atom stereocenters. The number of aliphatic hydroxyl groups is 1. The second kappa shape index (κ2) is 10.1. The molecule has 0 radical (unpaired) electrons. The van der Waals surface area contributed by atoms with Gasteiger partial charge in [0.2, 0.25) is 0 Å². The second-order valence-corrected chi connectivity index (χ2v) is 6.82. The molecule has 4 heteroatoms. The summed E-state index contributed by atoms with van der Waals surface area (Å²) in [5.41, 5.74) is 0.942. The van der Waals surface area contributed by atoms with Crippen molar-refractivity contribution in [3.63, 3.8) is 0 Å². The van der Waals surface area contributed by atoms with Gasteiger partial charge in [-0.3, -0.25) is 4.79 Å². The van der Waals surface area contributed by atoms with E-state index in [0.717, 1.165) is 24.9 Å². The van der Waals surface area contributed by atoms with E-state index < -0.39 is 6.10 Å². The van der Waals surface area contributed by atoms with Crippen molar-refractivity contribution >= 4 is 5.78 Å². The third-order valence-corrected chi connectivity index (χ3v) is 4.99. The summed E-state index contributed by atoms with van der Waals surface area (Å²) >= 11 is 0. The minimum Gasteiger partial charge on any atom is -1.00 e. The monoisotopic (exact) mass is 339 g/mol. The number of halogens is 1. The van der Waals surface area contributed by atoms with Gasteiger partial charge in [-0.2, -0.15) is 0 Å². The Bertz CT molecular complexity index is 460. The van der Waals surface area contributed by atoms with Crippen molar-refractivity contribution in [3.05, 3.63) is 35.9 Å². The topological polar surface area (TPSA) is 53.9 Å². The number of Topliss-reactive ketones (excluding diaryl/α,β-unsaturated/α-hetero) is 1. The van der Waals surface area contributed by atoms with Crippen LogP contribution in [0.2, 0.25) is 0 Å². The van der Waals surface area contributed by atoms with Gasteiger partial charge in [0, 0.05) is 5.92 Å². The summed E-state index contributed by atoms with van der Waals surface area (Å²) in [6.07, 6.45) is 5.35. The number of benzene rings is 1. The van der Waals surface area contributed by atoms with Crippen LogP contribution in [0.25, 0.3) is 0 Å². The summed E-state index contributed by atoms with van der Waals surface area (Å²) in [4.78, 5) is 12.5. The minimum atomic E-state index is -0.488. The van der Waals surface area contributed by atoms with E-state index in [1.807, 2.05) is 44.2 Å². The fourth-order valence-electron chi connectivity index (χ4n) is 3.41. The zero-order chi connectivity index (χ0) is 15.9. The lowest BCUT2D eigenvalue weighted by Crippen LogP contribution is -3.00. The van der Waals surface area contributed by atoms with Crippen molar-refractivity contribution in [2.75, 3.05) is 6.54 Å². The van der Waals surface area contributed by atoms with E-state index in [4.69, 9.17) is 0 Å².